The average molecular weight is 286 g/mol. The van der Waals surface area contributed by atoms with Crippen LogP contribution in [0.3, 0.4) is 0 Å². The van der Waals surface area contributed by atoms with E-state index in [4.69, 9.17) is 5.11 Å². The molecule has 1 aliphatic heterocycles. The number of hydrogen-bond donors (Lipinski definition) is 2. The molecule has 0 unspecified atom stereocenters. The first kappa shape index (κ1) is 14.5. The number of nitrogens with one attached hydrogen (secondary N) is 1. The number of hydrogen-bond acceptors (Lipinski definition) is 3. The van der Waals surface area contributed by atoms with E-state index in [-0.39, 0.29) is 17.3 Å². The van der Waals surface area contributed by atoms with Gasteiger partial charge in [0, 0.05) is 30.1 Å². The number of urea groups is 1. The molecule has 2 fully saturated rings. The van der Waals surface area contributed by atoms with E-state index in [1.54, 1.807) is 4.90 Å². The van der Waals surface area contributed by atoms with Gasteiger partial charge in [-0.1, -0.05) is 13.8 Å². The van der Waals surface area contributed by atoms with Crippen LogP contribution in [-0.2, 0) is 4.79 Å². The van der Waals surface area contributed by atoms with Crippen LogP contribution in [0.1, 0.15) is 33.1 Å². The highest BCUT2D eigenvalue weighted by Gasteiger charge is 2.50. The molecular formula is C13H22N2O3S. The van der Waals surface area contributed by atoms with Gasteiger partial charge in [-0.15, -0.1) is 0 Å². The number of aliphatic carboxylic acids is 1. The van der Waals surface area contributed by atoms with Crippen LogP contribution in [0.25, 0.3) is 0 Å². The largest absolute Gasteiger partial charge is 0.481 e. The first-order valence-corrected chi connectivity index (χ1v) is 7.73. The summed E-state index contributed by atoms with van der Waals surface area (Å²) in [4.78, 5) is 24.9. The van der Waals surface area contributed by atoms with Crippen molar-refractivity contribution in [1.29, 1.82) is 0 Å². The molecule has 0 bridgehead atoms. The number of carbonyl (C=O) groups is 2. The summed E-state index contributed by atoms with van der Waals surface area (Å²) in [6.07, 6.45) is 2.31. The fourth-order valence-corrected chi connectivity index (χ4v) is 3.30. The van der Waals surface area contributed by atoms with Gasteiger partial charge in [-0.25, -0.2) is 4.79 Å². The molecule has 2 aliphatic rings. The van der Waals surface area contributed by atoms with Gasteiger partial charge < -0.3 is 15.3 Å². The van der Waals surface area contributed by atoms with E-state index in [2.05, 4.69) is 19.2 Å². The number of rotatable bonds is 3. The lowest BCUT2D eigenvalue weighted by atomic mass is 10.1. The predicted molar refractivity (Wildman–Crippen MR) is 75.4 cm³/mol. The Bertz CT molecular complexity index is 380. The van der Waals surface area contributed by atoms with Crippen LogP contribution in [0, 0.1) is 5.41 Å². The maximum atomic E-state index is 12.1. The van der Waals surface area contributed by atoms with Crippen molar-refractivity contribution in [1.82, 2.24) is 10.2 Å². The molecule has 2 N–H and O–H groups in total. The predicted octanol–water partition coefficient (Wildman–Crippen LogP) is 1.78. The fraction of sp³-hybridized carbons (Fsp3) is 0.846. The van der Waals surface area contributed by atoms with Crippen molar-refractivity contribution in [3.05, 3.63) is 0 Å². The highest BCUT2D eigenvalue weighted by atomic mass is 32.2. The van der Waals surface area contributed by atoms with Gasteiger partial charge in [0.15, 0.2) is 0 Å². The Hall–Kier alpha value is -0.910. The third-order valence-corrected chi connectivity index (χ3v) is 5.38. The number of carboxylic acids is 1. The van der Waals surface area contributed by atoms with Crippen LogP contribution in [0.2, 0.25) is 0 Å². The summed E-state index contributed by atoms with van der Waals surface area (Å²) >= 11 is 1.89. The summed E-state index contributed by atoms with van der Waals surface area (Å²) in [5.74, 6) is 0.144. The minimum atomic E-state index is -0.791. The second-order valence-corrected chi connectivity index (χ2v) is 7.89. The number of nitrogens with zero attached hydrogens (tertiary/aromatic N) is 1. The van der Waals surface area contributed by atoms with Crippen LogP contribution in [0.15, 0.2) is 0 Å². The maximum absolute atomic E-state index is 12.1. The van der Waals surface area contributed by atoms with Crippen molar-refractivity contribution in [2.75, 3.05) is 25.4 Å². The van der Waals surface area contributed by atoms with Crippen LogP contribution in [0.4, 0.5) is 4.79 Å². The quantitative estimate of drug-likeness (QED) is 0.829. The van der Waals surface area contributed by atoms with Crippen molar-refractivity contribution in [2.24, 2.45) is 5.41 Å². The normalized spacial score (nSPS) is 24.4. The number of carboxylic acid groups (broad SMARTS) is 1. The first-order chi connectivity index (χ1) is 8.85. The van der Waals surface area contributed by atoms with Gasteiger partial charge in [0.1, 0.15) is 0 Å². The van der Waals surface area contributed by atoms with Gasteiger partial charge in [-0.05, 0) is 19.3 Å². The van der Waals surface area contributed by atoms with Gasteiger partial charge in [-0.3, -0.25) is 4.79 Å². The molecule has 0 aromatic heterocycles. The monoisotopic (exact) mass is 286 g/mol. The van der Waals surface area contributed by atoms with Crippen molar-refractivity contribution in [3.63, 3.8) is 0 Å². The topological polar surface area (TPSA) is 69.6 Å². The Labute approximate surface area is 118 Å². The number of thioether (sulfide) groups is 1. The van der Waals surface area contributed by atoms with Crippen molar-refractivity contribution < 1.29 is 14.7 Å². The molecule has 108 valence electrons. The highest BCUT2D eigenvalue weighted by Crippen LogP contribution is 2.45. The molecule has 2 rings (SSSR count). The van der Waals surface area contributed by atoms with Gasteiger partial charge in [-0.2, -0.15) is 11.8 Å². The lowest BCUT2D eigenvalue weighted by Crippen LogP contribution is -2.44. The molecule has 0 spiro atoms. The Morgan fingerprint density at radius 3 is 2.53 bits per heavy atom. The van der Waals surface area contributed by atoms with E-state index >= 15 is 0 Å². The second-order valence-electron chi connectivity index (χ2n) is 6.09. The smallest absolute Gasteiger partial charge is 0.317 e. The second kappa shape index (κ2) is 5.23. The summed E-state index contributed by atoms with van der Waals surface area (Å²) in [6, 6.07) is -0.120. The summed E-state index contributed by atoms with van der Waals surface area (Å²) < 4.78 is 0.216. The summed E-state index contributed by atoms with van der Waals surface area (Å²) in [7, 11) is 0. The van der Waals surface area contributed by atoms with Crippen LogP contribution in [-0.4, -0.2) is 52.1 Å². The minimum absolute atomic E-state index is 0.120. The number of amides is 2. The fourth-order valence-electron chi connectivity index (χ4n) is 2.20. The maximum Gasteiger partial charge on any atom is 0.317 e. The summed E-state index contributed by atoms with van der Waals surface area (Å²) in [6.45, 7) is 6.13. The molecule has 6 heteroatoms. The molecule has 0 aromatic rings. The van der Waals surface area contributed by atoms with E-state index in [9.17, 15) is 9.59 Å². The van der Waals surface area contributed by atoms with Crippen molar-refractivity contribution >= 4 is 23.8 Å². The van der Waals surface area contributed by atoms with Crippen LogP contribution < -0.4 is 5.32 Å². The zero-order chi connectivity index (χ0) is 14.1. The number of carbonyl (C=O) groups excluding carboxylic acids is 1. The molecule has 1 aliphatic carbocycles. The van der Waals surface area contributed by atoms with Gasteiger partial charge in [0.05, 0.1) is 5.41 Å². The van der Waals surface area contributed by atoms with E-state index in [1.165, 1.54) is 0 Å². The molecule has 1 heterocycles. The summed E-state index contributed by atoms with van der Waals surface area (Å²) in [5.41, 5.74) is -0.685. The highest BCUT2D eigenvalue weighted by molar-refractivity contribution is 8.00. The first-order valence-electron chi connectivity index (χ1n) is 6.75. The molecular weight excluding hydrogens is 264 g/mol. The Morgan fingerprint density at radius 2 is 1.95 bits per heavy atom. The zero-order valence-corrected chi connectivity index (χ0v) is 12.4. The SMILES string of the molecule is CC1(C)CCN(C(=O)NCC2(C(=O)O)CC2)CCS1. The molecule has 2 amide bonds. The van der Waals surface area contributed by atoms with Gasteiger partial charge in [0.25, 0.3) is 0 Å². The van der Waals surface area contributed by atoms with Crippen LogP contribution in [0.5, 0.6) is 0 Å². The lowest BCUT2D eigenvalue weighted by molar-refractivity contribution is -0.143. The third-order valence-electron chi connectivity index (χ3n) is 4.01. The average Bonchev–Trinajstić information content (AvgIpc) is 3.11. The van der Waals surface area contributed by atoms with E-state index in [0.717, 1.165) is 25.3 Å². The van der Waals surface area contributed by atoms with E-state index in [1.807, 2.05) is 11.8 Å². The molecule has 1 saturated carbocycles. The standard InChI is InChI=1S/C13H22N2O3S/c1-12(2)5-6-15(7-8-19-12)11(18)14-9-13(3-4-13)10(16)17/h3-9H2,1-2H3,(H,14,18)(H,16,17). The van der Waals surface area contributed by atoms with E-state index in [0.29, 0.717) is 12.8 Å². The molecule has 19 heavy (non-hydrogen) atoms. The molecule has 0 aromatic carbocycles. The third kappa shape index (κ3) is 3.55. The van der Waals surface area contributed by atoms with Crippen molar-refractivity contribution in [2.45, 2.75) is 37.9 Å². The van der Waals surface area contributed by atoms with Gasteiger partial charge in [0.2, 0.25) is 0 Å². The minimum Gasteiger partial charge on any atom is -0.481 e. The zero-order valence-electron chi connectivity index (χ0n) is 11.6. The molecule has 0 atom stereocenters. The summed E-state index contributed by atoms with van der Waals surface area (Å²) in [5, 5.41) is 11.9. The molecule has 0 radical (unpaired) electrons. The lowest BCUT2D eigenvalue weighted by Gasteiger charge is -2.23. The molecule has 1 saturated heterocycles. The van der Waals surface area contributed by atoms with Crippen molar-refractivity contribution in [3.8, 4) is 0 Å². The van der Waals surface area contributed by atoms with E-state index < -0.39 is 11.4 Å². The molecule has 5 nitrogen and oxygen atoms in total. The van der Waals surface area contributed by atoms with Gasteiger partial charge >= 0.3 is 12.0 Å². The Balaban J connectivity index is 1.82. The van der Waals surface area contributed by atoms with Crippen LogP contribution >= 0.6 is 11.8 Å². The Morgan fingerprint density at radius 1 is 1.26 bits per heavy atom. The Kier molecular flexibility index (Phi) is 3.99.